The summed E-state index contributed by atoms with van der Waals surface area (Å²) in [5, 5.41) is 8.17. The first kappa shape index (κ1) is 16.6. The minimum absolute atomic E-state index is 0. The van der Waals surface area contributed by atoms with Crippen molar-refractivity contribution in [3.05, 3.63) is 36.4 Å². The second kappa shape index (κ2) is 6.71. The summed E-state index contributed by atoms with van der Waals surface area (Å²) in [7, 11) is 1.60. The van der Waals surface area contributed by atoms with Gasteiger partial charge in [-0.3, -0.25) is 4.79 Å². The van der Waals surface area contributed by atoms with Crippen LogP contribution in [-0.2, 0) is 4.79 Å². The molecule has 1 amide bonds. The maximum Gasteiger partial charge on any atom is 0.241 e. The van der Waals surface area contributed by atoms with Gasteiger partial charge in [-0.05, 0) is 31.5 Å². The monoisotopic (exact) mass is 346 g/mol. The minimum Gasteiger partial charge on any atom is -0.495 e. The fourth-order valence-corrected chi connectivity index (χ4v) is 3.15. The first-order valence-electron chi connectivity index (χ1n) is 7.80. The molecule has 4 rings (SSSR count). The summed E-state index contributed by atoms with van der Waals surface area (Å²) in [5.74, 6) is 0.603. The van der Waals surface area contributed by atoms with Crippen molar-refractivity contribution >= 4 is 45.9 Å². The zero-order chi connectivity index (χ0) is 15.8. The Morgan fingerprint density at radius 3 is 2.83 bits per heavy atom. The fourth-order valence-electron chi connectivity index (χ4n) is 3.15. The molecule has 6 heteroatoms. The van der Waals surface area contributed by atoms with Crippen LogP contribution in [0.15, 0.2) is 40.8 Å². The first-order valence-corrected chi connectivity index (χ1v) is 7.80. The summed E-state index contributed by atoms with van der Waals surface area (Å²) in [5.41, 5.74) is 2.20. The average molecular weight is 347 g/mol. The van der Waals surface area contributed by atoms with E-state index in [1.165, 1.54) is 0 Å². The lowest BCUT2D eigenvalue weighted by molar-refractivity contribution is -0.117. The molecule has 0 bridgehead atoms. The third-order valence-electron chi connectivity index (χ3n) is 4.33. The molecule has 2 heterocycles. The number of nitrogens with one attached hydrogen (secondary N) is 2. The molecular weight excluding hydrogens is 328 g/mol. The third-order valence-corrected chi connectivity index (χ3v) is 4.33. The Hall–Kier alpha value is -2.24. The van der Waals surface area contributed by atoms with Gasteiger partial charge in [0, 0.05) is 16.8 Å². The Morgan fingerprint density at radius 1 is 1.25 bits per heavy atom. The quantitative estimate of drug-likeness (QED) is 0.759. The molecule has 126 valence electrons. The minimum atomic E-state index is -0.133. The van der Waals surface area contributed by atoms with E-state index in [1.54, 1.807) is 7.11 Å². The molecular formula is C18H19ClN2O3. The van der Waals surface area contributed by atoms with Gasteiger partial charge >= 0.3 is 0 Å². The SMILES string of the molecule is COc1cc2c(cc1NC(=O)C1CCCN1)oc1ccccc12.Cl. The lowest BCUT2D eigenvalue weighted by Crippen LogP contribution is -2.35. The Labute approximate surface area is 145 Å². The maximum atomic E-state index is 12.3. The number of hydrogen-bond donors (Lipinski definition) is 2. The highest BCUT2D eigenvalue weighted by Gasteiger charge is 2.23. The normalized spacial score (nSPS) is 17.0. The van der Waals surface area contributed by atoms with Gasteiger partial charge in [-0.15, -0.1) is 12.4 Å². The maximum absolute atomic E-state index is 12.3. The molecule has 5 nitrogen and oxygen atoms in total. The highest BCUT2D eigenvalue weighted by atomic mass is 35.5. The number of rotatable bonds is 3. The number of carbonyl (C=O) groups is 1. The average Bonchev–Trinajstić information content (AvgIpc) is 3.21. The van der Waals surface area contributed by atoms with Crippen LogP contribution in [-0.4, -0.2) is 25.6 Å². The number of ether oxygens (including phenoxy) is 1. The third kappa shape index (κ3) is 2.81. The van der Waals surface area contributed by atoms with Crippen LogP contribution in [0.25, 0.3) is 21.9 Å². The van der Waals surface area contributed by atoms with Crippen molar-refractivity contribution in [2.45, 2.75) is 18.9 Å². The van der Waals surface area contributed by atoms with E-state index in [0.29, 0.717) is 11.4 Å². The molecule has 1 aliphatic heterocycles. The molecule has 1 fully saturated rings. The van der Waals surface area contributed by atoms with Gasteiger partial charge in [0.05, 0.1) is 18.8 Å². The van der Waals surface area contributed by atoms with Crippen LogP contribution in [0.5, 0.6) is 5.75 Å². The number of methoxy groups -OCH3 is 1. The van der Waals surface area contributed by atoms with Crippen LogP contribution in [0, 0.1) is 0 Å². The molecule has 0 radical (unpaired) electrons. The van der Waals surface area contributed by atoms with Crippen LogP contribution >= 0.6 is 12.4 Å². The molecule has 2 aromatic carbocycles. The summed E-state index contributed by atoms with van der Waals surface area (Å²) in [6.07, 6.45) is 1.89. The van der Waals surface area contributed by atoms with Crippen molar-refractivity contribution in [2.24, 2.45) is 0 Å². The van der Waals surface area contributed by atoms with Crippen LogP contribution in [0.3, 0.4) is 0 Å². The smallest absolute Gasteiger partial charge is 0.241 e. The van der Waals surface area contributed by atoms with E-state index in [2.05, 4.69) is 10.6 Å². The topological polar surface area (TPSA) is 63.5 Å². The second-order valence-corrected chi connectivity index (χ2v) is 5.79. The number of fused-ring (bicyclic) bond motifs is 3. The molecule has 0 saturated carbocycles. The predicted molar refractivity (Wildman–Crippen MR) is 97.2 cm³/mol. The van der Waals surface area contributed by atoms with E-state index in [-0.39, 0.29) is 24.4 Å². The van der Waals surface area contributed by atoms with Gasteiger partial charge in [0.15, 0.2) is 0 Å². The van der Waals surface area contributed by atoms with Gasteiger partial charge in [-0.25, -0.2) is 0 Å². The van der Waals surface area contributed by atoms with Gasteiger partial charge in [0.25, 0.3) is 0 Å². The molecule has 2 N–H and O–H groups in total. The lowest BCUT2D eigenvalue weighted by Gasteiger charge is -2.13. The number of para-hydroxylation sites is 1. The molecule has 3 aromatic rings. The van der Waals surface area contributed by atoms with Gasteiger partial charge in [0.1, 0.15) is 16.9 Å². The number of halogens is 1. The summed E-state index contributed by atoms with van der Waals surface area (Å²) in [6.45, 7) is 0.887. The van der Waals surface area contributed by atoms with Crippen LogP contribution in [0.4, 0.5) is 5.69 Å². The number of benzene rings is 2. The van der Waals surface area contributed by atoms with Crippen LogP contribution < -0.4 is 15.4 Å². The summed E-state index contributed by atoms with van der Waals surface area (Å²) < 4.78 is 11.3. The van der Waals surface area contributed by atoms with Crippen LogP contribution in [0.1, 0.15) is 12.8 Å². The Morgan fingerprint density at radius 2 is 2.08 bits per heavy atom. The van der Waals surface area contributed by atoms with Gasteiger partial charge in [0.2, 0.25) is 5.91 Å². The molecule has 0 spiro atoms. The van der Waals surface area contributed by atoms with Crippen molar-refractivity contribution in [1.82, 2.24) is 5.32 Å². The molecule has 1 unspecified atom stereocenters. The second-order valence-electron chi connectivity index (χ2n) is 5.79. The van der Waals surface area contributed by atoms with Gasteiger partial charge in [-0.1, -0.05) is 18.2 Å². The highest BCUT2D eigenvalue weighted by Crippen LogP contribution is 2.36. The number of carbonyl (C=O) groups excluding carboxylic acids is 1. The van der Waals surface area contributed by atoms with E-state index in [9.17, 15) is 4.79 Å². The zero-order valence-corrected chi connectivity index (χ0v) is 14.1. The largest absolute Gasteiger partial charge is 0.495 e. The summed E-state index contributed by atoms with van der Waals surface area (Å²) in [6, 6.07) is 11.5. The van der Waals surface area contributed by atoms with Crippen molar-refractivity contribution < 1.29 is 13.9 Å². The van der Waals surface area contributed by atoms with Crippen molar-refractivity contribution in [1.29, 1.82) is 0 Å². The van der Waals surface area contributed by atoms with Crippen molar-refractivity contribution in [3.63, 3.8) is 0 Å². The van der Waals surface area contributed by atoms with Gasteiger partial charge < -0.3 is 19.8 Å². The molecule has 1 atom stereocenters. The highest BCUT2D eigenvalue weighted by molar-refractivity contribution is 6.08. The fraction of sp³-hybridized carbons (Fsp3) is 0.278. The van der Waals surface area contributed by atoms with Crippen molar-refractivity contribution in [3.8, 4) is 5.75 Å². The van der Waals surface area contributed by atoms with Crippen LogP contribution in [0.2, 0.25) is 0 Å². The first-order chi connectivity index (χ1) is 11.3. The van der Waals surface area contributed by atoms with E-state index >= 15 is 0 Å². The Bertz CT molecular complexity index is 884. The number of hydrogen-bond acceptors (Lipinski definition) is 4. The van der Waals surface area contributed by atoms with Crippen molar-refractivity contribution in [2.75, 3.05) is 19.0 Å². The van der Waals surface area contributed by atoms with Gasteiger partial charge in [-0.2, -0.15) is 0 Å². The molecule has 1 aromatic heterocycles. The molecule has 1 aliphatic rings. The van der Waals surface area contributed by atoms with E-state index in [1.807, 2.05) is 36.4 Å². The molecule has 24 heavy (non-hydrogen) atoms. The number of furan rings is 1. The summed E-state index contributed by atoms with van der Waals surface area (Å²) >= 11 is 0. The van der Waals surface area contributed by atoms with E-state index < -0.39 is 0 Å². The standard InChI is InChI=1S/C18H18N2O3.ClH/c1-22-17-9-12-11-5-2-3-7-15(11)23-16(12)10-14(17)20-18(21)13-6-4-8-19-13;/h2-3,5,7,9-10,13,19H,4,6,8H2,1H3,(H,20,21);1H. The predicted octanol–water partition coefficient (Wildman–Crippen LogP) is 3.71. The van der Waals surface area contributed by atoms with E-state index in [4.69, 9.17) is 9.15 Å². The lowest BCUT2D eigenvalue weighted by atomic mass is 10.1. The van der Waals surface area contributed by atoms with E-state index in [0.717, 1.165) is 41.3 Å². The Balaban J connectivity index is 0.00000169. The Kier molecular flexibility index (Phi) is 4.64. The number of anilines is 1. The molecule has 1 saturated heterocycles. The zero-order valence-electron chi connectivity index (χ0n) is 13.3. The number of amides is 1. The molecule has 0 aliphatic carbocycles. The summed E-state index contributed by atoms with van der Waals surface area (Å²) in [4.78, 5) is 12.3.